The molecule has 0 fully saturated rings. The van der Waals surface area contributed by atoms with Crippen molar-refractivity contribution in [1.29, 1.82) is 0 Å². The maximum Gasteiger partial charge on any atom is 0.251 e. The maximum absolute atomic E-state index is 12.5. The van der Waals surface area contributed by atoms with Crippen LogP contribution in [0.5, 0.6) is 11.5 Å². The van der Waals surface area contributed by atoms with E-state index in [1.54, 1.807) is 12.1 Å². The van der Waals surface area contributed by atoms with Crippen molar-refractivity contribution in [3.8, 4) is 11.5 Å². The van der Waals surface area contributed by atoms with Crippen molar-refractivity contribution in [3.63, 3.8) is 0 Å². The summed E-state index contributed by atoms with van der Waals surface area (Å²) in [6, 6.07) is 10.8. The van der Waals surface area contributed by atoms with E-state index < -0.39 is 0 Å². The van der Waals surface area contributed by atoms with Crippen LogP contribution in [-0.2, 0) is 0 Å². The summed E-state index contributed by atoms with van der Waals surface area (Å²) in [5, 5.41) is 3.27. The first kappa shape index (κ1) is 17.6. The normalized spacial score (nSPS) is 11.7. The SMILES string of the molecule is COc1cc(C(=O)NC(C)c2cccc(Br)c2)cc(Cl)c1OC. The van der Waals surface area contributed by atoms with Gasteiger partial charge in [-0.25, -0.2) is 0 Å². The lowest BCUT2D eigenvalue weighted by Gasteiger charge is -2.16. The van der Waals surface area contributed by atoms with Crippen molar-refractivity contribution < 1.29 is 14.3 Å². The van der Waals surface area contributed by atoms with E-state index in [0.29, 0.717) is 22.1 Å². The number of hydrogen-bond donors (Lipinski definition) is 1. The van der Waals surface area contributed by atoms with Gasteiger partial charge < -0.3 is 14.8 Å². The lowest BCUT2D eigenvalue weighted by Crippen LogP contribution is -2.26. The number of halogens is 2. The van der Waals surface area contributed by atoms with Crippen molar-refractivity contribution in [1.82, 2.24) is 5.32 Å². The molecule has 4 nitrogen and oxygen atoms in total. The summed E-state index contributed by atoms with van der Waals surface area (Å²) >= 11 is 9.57. The molecule has 23 heavy (non-hydrogen) atoms. The minimum atomic E-state index is -0.236. The van der Waals surface area contributed by atoms with E-state index in [4.69, 9.17) is 21.1 Å². The van der Waals surface area contributed by atoms with Gasteiger partial charge in [0.1, 0.15) is 0 Å². The largest absolute Gasteiger partial charge is 0.493 e. The van der Waals surface area contributed by atoms with Gasteiger partial charge >= 0.3 is 0 Å². The average Bonchev–Trinajstić information content (AvgIpc) is 2.53. The van der Waals surface area contributed by atoms with Crippen LogP contribution in [-0.4, -0.2) is 20.1 Å². The number of rotatable bonds is 5. The van der Waals surface area contributed by atoms with Crippen LogP contribution >= 0.6 is 27.5 Å². The zero-order valence-electron chi connectivity index (χ0n) is 13.0. The third kappa shape index (κ3) is 4.18. The van der Waals surface area contributed by atoms with Crippen LogP contribution in [0.25, 0.3) is 0 Å². The second-order valence-electron chi connectivity index (χ2n) is 4.94. The Kier molecular flexibility index (Phi) is 5.91. The van der Waals surface area contributed by atoms with Crippen LogP contribution in [0.1, 0.15) is 28.9 Å². The van der Waals surface area contributed by atoms with Gasteiger partial charge in [-0.05, 0) is 36.8 Å². The second-order valence-corrected chi connectivity index (χ2v) is 6.27. The molecule has 6 heteroatoms. The topological polar surface area (TPSA) is 47.6 Å². The Morgan fingerprint density at radius 2 is 1.96 bits per heavy atom. The van der Waals surface area contributed by atoms with Crippen LogP contribution in [0.2, 0.25) is 5.02 Å². The number of benzene rings is 2. The number of methoxy groups -OCH3 is 2. The quantitative estimate of drug-likeness (QED) is 0.800. The highest BCUT2D eigenvalue weighted by Crippen LogP contribution is 2.36. The summed E-state index contributed by atoms with van der Waals surface area (Å²) in [7, 11) is 3.00. The number of amides is 1. The third-order valence-electron chi connectivity index (χ3n) is 3.39. The van der Waals surface area contributed by atoms with Gasteiger partial charge in [0.2, 0.25) is 0 Å². The van der Waals surface area contributed by atoms with E-state index in [-0.39, 0.29) is 11.9 Å². The molecule has 2 rings (SSSR count). The predicted octanol–water partition coefficient (Wildman–Crippen LogP) is 4.61. The van der Waals surface area contributed by atoms with Gasteiger partial charge in [0.25, 0.3) is 5.91 Å². The van der Waals surface area contributed by atoms with Gasteiger partial charge in [0, 0.05) is 10.0 Å². The minimum Gasteiger partial charge on any atom is -0.493 e. The number of carbonyl (C=O) groups is 1. The number of hydrogen-bond acceptors (Lipinski definition) is 3. The molecule has 0 saturated carbocycles. The molecule has 1 amide bonds. The smallest absolute Gasteiger partial charge is 0.251 e. The van der Waals surface area contributed by atoms with Crippen molar-refractivity contribution in [2.45, 2.75) is 13.0 Å². The maximum atomic E-state index is 12.5. The van der Waals surface area contributed by atoms with E-state index in [1.807, 2.05) is 31.2 Å². The number of ether oxygens (including phenoxy) is 2. The second kappa shape index (κ2) is 7.70. The summed E-state index contributed by atoms with van der Waals surface area (Å²) in [5.41, 5.74) is 1.41. The minimum absolute atomic E-state index is 0.146. The fourth-order valence-corrected chi connectivity index (χ4v) is 2.89. The highest BCUT2D eigenvalue weighted by atomic mass is 79.9. The first-order valence-electron chi connectivity index (χ1n) is 6.94. The molecular weight excluding hydrogens is 382 g/mol. The Hall–Kier alpha value is -1.72. The monoisotopic (exact) mass is 397 g/mol. The Morgan fingerprint density at radius 3 is 2.57 bits per heavy atom. The molecule has 0 radical (unpaired) electrons. The molecule has 1 atom stereocenters. The molecule has 0 aliphatic rings. The highest BCUT2D eigenvalue weighted by Gasteiger charge is 2.17. The fraction of sp³-hybridized carbons (Fsp3) is 0.235. The zero-order chi connectivity index (χ0) is 17.0. The summed E-state index contributed by atoms with van der Waals surface area (Å²) in [6.45, 7) is 1.92. The molecule has 2 aromatic rings. The lowest BCUT2D eigenvalue weighted by atomic mass is 10.1. The number of nitrogens with one attached hydrogen (secondary N) is 1. The molecule has 0 aliphatic heterocycles. The summed E-state index contributed by atoms with van der Waals surface area (Å²) in [6.07, 6.45) is 0. The Bertz CT molecular complexity index is 721. The van der Waals surface area contributed by atoms with Gasteiger partial charge in [-0.15, -0.1) is 0 Å². The average molecular weight is 399 g/mol. The zero-order valence-corrected chi connectivity index (χ0v) is 15.4. The van der Waals surface area contributed by atoms with E-state index in [0.717, 1.165) is 10.0 Å². The molecule has 1 unspecified atom stereocenters. The third-order valence-corrected chi connectivity index (χ3v) is 4.17. The van der Waals surface area contributed by atoms with Crippen LogP contribution in [0.15, 0.2) is 40.9 Å². The van der Waals surface area contributed by atoms with Crippen molar-refractivity contribution >= 4 is 33.4 Å². The van der Waals surface area contributed by atoms with Crippen LogP contribution in [0.3, 0.4) is 0 Å². The molecule has 0 aromatic heterocycles. The van der Waals surface area contributed by atoms with Gasteiger partial charge in [-0.1, -0.05) is 39.7 Å². The summed E-state index contributed by atoms with van der Waals surface area (Å²) in [4.78, 5) is 12.5. The van der Waals surface area contributed by atoms with Crippen LogP contribution in [0.4, 0.5) is 0 Å². The van der Waals surface area contributed by atoms with Crippen molar-refractivity contribution in [2.24, 2.45) is 0 Å². The summed E-state index contributed by atoms with van der Waals surface area (Å²) in [5.74, 6) is 0.589. The van der Waals surface area contributed by atoms with E-state index in [2.05, 4.69) is 21.2 Å². The molecule has 1 N–H and O–H groups in total. The van der Waals surface area contributed by atoms with Crippen molar-refractivity contribution in [2.75, 3.05) is 14.2 Å². The van der Waals surface area contributed by atoms with Crippen LogP contribution < -0.4 is 14.8 Å². The van der Waals surface area contributed by atoms with Gasteiger partial charge in [0.15, 0.2) is 11.5 Å². The standard InChI is InChI=1S/C17H17BrClNO3/c1-10(11-5-4-6-13(18)7-11)20-17(21)12-8-14(19)16(23-3)15(9-12)22-2/h4-10H,1-3H3,(H,20,21). The van der Waals surface area contributed by atoms with E-state index >= 15 is 0 Å². The molecule has 122 valence electrons. The predicted molar refractivity (Wildman–Crippen MR) is 94.6 cm³/mol. The first-order chi connectivity index (χ1) is 11.0. The number of carbonyl (C=O) groups excluding carboxylic acids is 1. The van der Waals surface area contributed by atoms with E-state index in [9.17, 15) is 4.79 Å². The Balaban J connectivity index is 2.22. The molecule has 0 saturated heterocycles. The van der Waals surface area contributed by atoms with E-state index in [1.165, 1.54) is 14.2 Å². The van der Waals surface area contributed by atoms with Crippen molar-refractivity contribution in [3.05, 3.63) is 57.0 Å². The molecule has 0 aliphatic carbocycles. The van der Waals surface area contributed by atoms with Gasteiger partial charge in [-0.2, -0.15) is 0 Å². The molecular formula is C17H17BrClNO3. The Labute approximate surface area is 148 Å². The van der Waals surface area contributed by atoms with Gasteiger partial charge in [0.05, 0.1) is 25.3 Å². The lowest BCUT2D eigenvalue weighted by molar-refractivity contribution is 0.0939. The van der Waals surface area contributed by atoms with Gasteiger partial charge in [-0.3, -0.25) is 4.79 Å². The molecule has 0 spiro atoms. The fourth-order valence-electron chi connectivity index (χ4n) is 2.19. The Morgan fingerprint density at radius 1 is 1.22 bits per heavy atom. The first-order valence-corrected chi connectivity index (χ1v) is 8.11. The molecule has 0 heterocycles. The summed E-state index contributed by atoms with van der Waals surface area (Å²) < 4.78 is 11.4. The van der Waals surface area contributed by atoms with Crippen LogP contribution in [0, 0.1) is 0 Å². The highest BCUT2D eigenvalue weighted by molar-refractivity contribution is 9.10. The molecule has 0 bridgehead atoms. The molecule has 2 aromatic carbocycles.